The third-order valence-corrected chi connectivity index (χ3v) is 3.73. The van der Waals surface area contributed by atoms with Gasteiger partial charge in [-0.25, -0.2) is 4.98 Å². The first-order valence-electron chi connectivity index (χ1n) is 5.64. The largest absolute Gasteiger partial charge is 0.298 e. The molecule has 3 rings (SSSR count). The average molecular weight is 260 g/mol. The molecule has 0 fully saturated rings. The Labute approximate surface area is 107 Å². The molecule has 18 heavy (non-hydrogen) atoms. The maximum atomic E-state index is 12.1. The topological polar surface area (TPSA) is 52.7 Å². The predicted octanol–water partition coefficient (Wildman–Crippen LogP) is 1.43. The summed E-state index contributed by atoms with van der Waals surface area (Å²) in [5, 5.41) is 6.00. The van der Waals surface area contributed by atoms with Crippen LogP contribution in [0, 0.1) is 0 Å². The number of aryl methyl sites for hydroxylation is 3. The molecule has 92 valence electrons. The number of fused-ring (bicyclic) bond motifs is 1. The molecule has 0 spiro atoms. The molecule has 0 aliphatic heterocycles. The van der Waals surface area contributed by atoms with Gasteiger partial charge in [0.15, 0.2) is 0 Å². The minimum Gasteiger partial charge on any atom is -0.298 e. The Hall–Kier alpha value is -1.95. The zero-order valence-corrected chi connectivity index (χ0v) is 10.7. The van der Waals surface area contributed by atoms with Crippen molar-refractivity contribution in [3.63, 3.8) is 0 Å². The molecule has 6 heteroatoms. The number of rotatable bonds is 3. The van der Waals surface area contributed by atoms with Crippen molar-refractivity contribution in [3.05, 3.63) is 46.1 Å². The highest BCUT2D eigenvalue weighted by molar-refractivity contribution is 7.17. The van der Waals surface area contributed by atoms with E-state index in [1.165, 1.54) is 11.3 Å². The van der Waals surface area contributed by atoms with Crippen molar-refractivity contribution in [1.29, 1.82) is 0 Å². The second kappa shape index (κ2) is 4.38. The first-order valence-corrected chi connectivity index (χ1v) is 6.52. The third-order valence-electron chi connectivity index (χ3n) is 2.84. The smallest absolute Gasteiger partial charge is 0.271 e. The molecule has 0 aromatic carbocycles. The molecule has 0 saturated heterocycles. The van der Waals surface area contributed by atoms with E-state index in [0.717, 1.165) is 22.2 Å². The van der Waals surface area contributed by atoms with E-state index in [1.807, 2.05) is 30.9 Å². The van der Waals surface area contributed by atoms with Gasteiger partial charge in [-0.1, -0.05) is 0 Å². The van der Waals surface area contributed by atoms with Crippen LogP contribution in [0.25, 0.3) is 10.2 Å². The fourth-order valence-electron chi connectivity index (χ4n) is 1.89. The van der Waals surface area contributed by atoms with Crippen LogP contribution in [-0.2, 0) is 20.0 Å². The van der Waals surface area contributed by atoms with E-state index in [0.29, 0.717) is 6.54 Å². The van der Waals surface area contributed by atoms with Crippen LogP contribution < -0.4 is 5.56 Å². The average Bonchev–Trinajstić information content (AvgIpc) is 2.97. The van der Waals surface area contributed by atoms with E-state index in [9.17, 15) is 4.79 Å². The van der Waals surface area contributed by atoms with Gasteiger partial charge in [0.25, 0.3) is 5.56 Å². The van der Waals surface area contributed by atoms with E-state index >= 15 is 0 Å². The lowest BCUT2D eigenvalue weighted by Crippen LogP contribution is -2.20. The summed E-state index contributed by atoms with van der Waals surface area (Å²) in [5.74, 6) is 0. The summed E-state index contributed by atoms with van der Waals surface area (Å²) >= 11 is 1.44. The number of hydrogen-bond acceptors (Lipinski definition) is 4. The lowest BCUT2D eigenvalue weighted by molar-refractivity contribution is 0.663. The summed E-state index contributed by atoms with van der Waals surface area (Å²) in [4.78, 5) is 16.4. The van der Waals surface area contributed by atoms with Gasteiger partial charge in [0.1, 0.15) is 4.70 Å². The summed E-state index contributed by atoms with van der Waals surface area (Å²) < 4.78 is 4.15. The monoisotopic (exact) mass is 260 g/mol. The van der Waals surface area contributed by atoms with Crippen LogP contribution in [0.2, 0.25) is 0 Å². The maximum Gasteiger partial charge on any atom is 0.271 e. The summed E-state index contributed by atoms with van der Waals surface area (Å²) in [6, 6.07) is 1.87. The Morgan fingerprint density at radius 2 is 2.33 bits per heavy atom. The Kier molecular flexibility index (Phi) is 2.71. The summed E-state index contributed by atoms with van der Waals surface area (Å²) in [7, 11) is 1.88. The Bertz CT molecular complexity index is 740. The van der Waals surface area contributed by atoms with Crippen molar-refractivity contribution in [2.75, 3.05) is 0 Å². The van der Waals surface area contributed by atoms with Gasteiger partial charge in [0.2, 0.25) is 0 Å². The molecule has 0 bridgehead atoms. The van der Waals surface area contributed by atoms with Crippen molar-refractivity contribution < 1.29 is 0 Å². The maximum absolute atomic E-state index is 12.1. The summed E-state index contributed by atoms with van der Waals surface area (Å²) in [6.45, 7) is 0.630. The van der Waals surface area contributed by atoms with Crippen molar-refractivity contribution in [2.24, 2.45) is 7.05 Å². The zero-order valence-electron chi connectivity index (χ0n) is 9.91. The zero-order chi connectivity index (χ0) is 12.5. The second-order valence-corrected chi connectivity index (χ2v) is 5.07. The van der Waals surface area contributed by atoms with Gasteiger partial charge >= 0.3 is 0 Å². The molecule has 0 saturated carbocycles. The molecule has 0 radical (unpaired) electrons. The Balaban J connectivity index is 1.86. The van der Waals surface area contributed by atoms with E-state index in [4.69, 9.17) is 0 Å². The molecule has 3 heterocycles. The summed E-state index contributed by atoms with van der Waals surface area (Å²) in [5.41, 5.74) is 1.94. The van der Waals surface area contributed by atoms with Crippen LogP contribution in [0.15, 0.2) is 35.0 Å². The van der Waals surface area contributed by atoms with E-state index in [-0.39, 0.29) is 5.56 Å². The van der Waals surface area contributed by atoms with Crippen LogP contribution in [-0.4, -0.2) is 19.3 Å². The highest BCUT2D eigenvalue weighted by Crippen LogP contribution is 2.13. The highest BCUT2D eigenvalue weighted by Gasteiger charge is 2.05. The first kappa shape index (κ1) is 11.2. The second-order valence-electron chi connectivity index (χ2n) is 4.15. The number of hydrogen-bond donors (Lipinski definition) is 0. The summed E-state index contributed by atoms with van der Waals surface area (Å²) in [6.07, 6.45) is 6.18. The molecule has 3 aromatic heterocycles. The minimum atomic E-state index is 0.0406. The van der Waals surface area contributed by atoms with Crippen LogP contribution >= 0.6 is 11.3 Å². The molecular weight excluding hydrogens is 248 g/mol. The van der Waals surface area contributed by atoms with Gasteiger partial charge in [0.05, 0.1) is 18.0 Å². The third kappa shape index (κ3) is 1.95. The molecule has 0 atom stereocenters. The quantitative estimate of drug-likeness (QED) is 0.716. The fourth-order valence-corrected chi connectivity index (χ4v) is 2.68. The fraction of sp³-hybridized carbons (Fsp3) is 0.250. The van der Waals surface area contributed by atoms with Gasteiger partial charge in [-0.2, -0.15) is 5.10 Å². The normalized spacial score (nSPS) is 11.2. The molecule has 0 N–H and O–H groups in total. The van der Waals surface area contributed by atoms with Crippen molar-refractivity contribution in [1.82, 2.24) is 19.3 Å². The van der Waals surface area contributed by atoms with Crippen molar-refractivity contribution in [2.45, 2.75) is 13.0 Å². The lowest BCUT2D eigenvalue weighted by atomic mass is 10.2. The number of thiophene rings is 1. The van der Waals surface area contributed by atoms with Gasteiger partial charge < -0.3 is 0 Å². The van der Waals surface area contributed by atoms with E-state index in [2.05, 4.69) is 10.1 Å². The van der Waals surface area contributed by atoms with Crippen LogP contribution in [0.1, 0.15) is 5.56 Å². The standard InChI is InChI=1S/C12H12N4OS/c1-15-7-9(6-14-15)2-4-16-8-13-10-3-5-18-11(10)12(16)17/h3,5-8H,2,4H2,1H3. The van der Waals surface area contributed by atoms with Crippen molar-refractivity contribution in [3.8, 4) is 0 Å². The molecule has 0 aliphatic rings. The van der Waals surface area contributed by atoms with Crippen LogP contribution in [0.5, 0.6) is 0 Å². The van der Waals surface area contributed by atoms with Gasteiger partial charge in [-0.05, 0) is 23.4 Å². The highest BCUT2D eigenvalue weighted by atomic mass is 32.1. The van der Waals surface area contributed by atoms with E-state index in [1.54, 1.807) is 15.6 Å². The van der Waals surface area contributed by atoms with E-state index < -0.39 is 0 Å². The van der Waals surface area contributed by atoms with Gasteiger partial charge in [-0.3, -0.25) is 14.0 Å². The molecule has 0 unspecified atom stereocenters. The molecule has 0 amide bonds. The first-order chi connectivity index (χ1) is 8.74. The number of aromatic nitrogens is 4. The Morgan fingerprint density at radius 1 is 1.44 bits per heavy atom. The van der Waals surface area contributed by atoms with Crippen LogP contribution in [0.3, 0.4) is 0 Å². The molecule has 3 aromatic rings. The Morgan fingerprint density at radius 3 is 3.11 bits per heavy atom. The molecular formula is C12H12N4OS. The van der Waals surface area contributed by atoms with Crippen molar-refractivity contribution >= 4 is 21.6 Å². The SMILES string of the molecule is Cn1cc(CCn2cnc3ccsc3c2=O)cn1. The molecule has 5 nitrogen and oxygen atoms in total. The van der Waals surface area contributed by atoms with Gasteiger partial charge in [0, 0.05) is 19.8 Å². The van der Waals surface area contributed by atoms with Gasteiger partial charge in [-0.15, -0.1) is 11.3 Å². The number of nitrogens with zero attached hydrogens (tertiary/aromatic N) is 4. The lowest BCUT2D eigenvalue weighted by Gasteiger charge is -2.03. The predicted molar refractivity (Wildman–Crippen MR) is 70.8 cm³/mol. The molecule has 0 aliphatic carbocycles. The minimum absolute atomic E-state index is 0.0406. The van der Waals surface area contributed by atoms with Crippen LogP contribution in [0.4, 0.5) is 0 Å².